The highest BCUT2D eigenvalue weighted by Crippen LogP contribution is 2.24. The molecule has 152 valence electrons. The number of thiazole rings is 1. The lowest BCUT2D eigenvalue weighted by molar-refractivity contribution is 0.0635. The fourth-order valence-electron chi connectivity index (χ4n) is 2.52. The molecule has 0 aliphatic rings. The van der Waals surface area contributed by atoms with Crippen molar-refractivity contribution in [1.82, 2.24) is 10.3 Å². The van der Waals surface area contributed by atoms with Gasteiger partial charge in [0, 0.05) is 24.3 Å². The Bertz CT molecular complexity index is 960. The zero-order chi connectivity index (χ0) is 20.9. The molecule has 2 amide bonds. The fraction of sp³-hybridized carbons (Fsp3) is 0.286. The molecule has 7 nitrogen and oxygen atoms in total. The average Bonchev–Trinajstić information content (AvgIpc) is 3.07. The quantitative estimate of drug-likeness (QED) is 0.519. The highest BCUT2D eigenvalue weighted by Gasteiger charge is 2.16. The first-order valence-corrected chi connectivity index (χ1v) is 10.1. The van der Waals surface area contributed by atoms with Crippen LogP contribution in [0.4, 0.5) is 15.6 Å². The molecule has 0 unspecified atom stereocenters. The standard InChI is InChI=1S/C21H24N4O3S/c1-21(2,3)28-20(27)24-15-10-8-14(9-11-15)18(26)22-12-13-23-19-25-16-6-4-5-7-17(16)29-19/h4-11H,12-13H2,1-3H3,(H,22,26)(H,23,25)(H,24,27). The van der Waals surface area contributed by atoms with Crippen LogP contribution >= 0.6 is 11.3 Å². The molecule has 3 rings (SSSR count). The van der Waals surface area contributed by atoms with E-state index >= 15 is 0 Å². The number of benzene rings is 2. The molecule has 3 aromatic rings. The number of rotatable bonds is 6. The average molecular weight is 413 g/mol. The summed E-state index contributed by atoms with van der Waals surface area (Å²) >= 11 is 1.58. The minimum absolute atomic E-state index is 0.181. The normalized spacial score (nSPS) is 11.1. The monoisotopic (exact) mass is 412 g/mol. The molecule has 3 N–H and O–H groups in total. The number of amides is 2. The molecular weight excluding hydrogens is 388 g/mol. The van der Waals surface area contributed by atoms with Gasteiger partial charge in [-0.15, -0.1) is 0 Å². The number of hydrogen-bond acceptors (Lipinski definition) is 6. The zero-order valence-corrected chi connectivity index (χ0v) is 17.4. The van der Waals surface area contributed by atoms with Crippen molar-refractivity contribution in [2.45, 2.75) is 26.4 Å². The Morgan fingerprint density at radius 1 is 1.03 bits per heavy atom. The van der Waals surface area contributed by atoms with E-state index in [9.17, 15) is 9.59 Å². The van der Waals surface area contributed by atoms with E-state index in [-0.39, 0.29) is 5.91 Å². The van der Waals surface area contributed by atoms with Gasteiger partial charge in [0.05, 0.1) is 10.2 Å². The lowest BCUT2D eigenvalue weighted by atomic mass is 10.2. The van der Waals surface area contributed by atoms with Crippen LogP contribution in [0, 0.1) is 0 Å². The maximum atomic E-state index is 12.3. The van der Waals surface area contributed by atoms with Gasteiger partial charge in [0.25, 0.3) is 5.91 Å². The van der Waals surface area contributed by atoms with E-state index in [1.807, 2.05) is 24.3 Å². The highest BCUT2D eigenvalue weighted by atomic mass is 32.1. The van der Waals surface area contributed by atoms with Gasteiger partial charge in [-0.25, -0.2) is 9.78 Å². The Morgan fingerprint density at radius 3 is 2.45 bits per heavy atom. The van der Waals surface area contributed by atoms with Crippen LogP contribution in [0.15, 0.2) is 48.5 Å². The summed E-state index contributed by atoms with van der Waals surface area (Å²) in [5, 5.41) is 9.55. The van der Waals surface area contributed by atoms with Gasteiger partial charge in [-0.05, 0) is 57.2 Å². The largest absolute Gasteiger partial charge is 0.444 e. The van der Waals surface area contributed by atoms with Crippen LogP contribution in [0.2, 0.25) is 0 Å². The second-order valence-corrected chi connectivity index (χ2v) is 8.40. The summed E-state index contributed by atoms with van der Waals surface area (Å²) in [6.45, 7) is 6.43. The van der Waals surface area contributed by atoms with Crippen LogP contribution in [-0.4, -0.2) is 35.7 Å². The van der Waals surface area contributed by atoms with Crippen LogP contribution in [0.25, 0.3) is 10.2 Å². The summed E-state index contributed by atoms with van der Waals surface area (Å²) < 4.78 is 6.32. The van der Waals surface area contributed by atoms with Gasteiger partial charge in [0.15, 0.2) is 5.13 Å². The van der Waals surface area contributed by atoms with E-state index in [2.05, 4.69) is 20.9 Å². The van der Waals surface area contributed by atoms with Crippen molar-refractivity contribution in [1.29, 1.82) is 0 Å². The van der Waals surface area contributed by atoms with Crippen molar-refractivity contribution in [2.24, 2.45) is 0 Å². The molecule has 29 heavy (non-hydrogen) atoms. The number of hydrogen-bond donors (Lipinski definition) is 3. The Balaban J connectivity index is 1.43. The van der Waals surface area contributed by atoms with Crippen molar-refractivity contribution in [3.63, 3.8) is 0 Å². The number of carbonyl (C=O) groups excluding carboxylic acids is 2. The number of ether oxygens (including phenoxy) is 1. The summed E-state index contributed by atoms with van der Waals surface area (Å²) in [5.41, 5.74) is 1.47. The van der Waals surface area contributed by atoms with Gasteiger partial charge >= 0.3 is 6.09 Å². The highest BCUT2D eigenvalue weighted by molar-refractivity contribution is 7.22. The number of fused-ring (bicyclic) bond motifs is 1. The van der Waals surface area contributed by atoms with Gasteiger partial charge in [0.2, 0.25) is 0 Å². The van der Waals surface area contributed by atoms with E-state index in [0.29, 0.717) is 24.3 Å². The molecule has 0 saturated carbocycles. The summed E-state index contributed by atoms with van der Waals surface area (Å²) in [6, 6.07) is 14.6. The first-order chi connectivity index (χ1) is 13.8. The summed E-state index contributed by atoms with van der Waals surface area (Å²) in [6.07, 6.45) is -0.532. The summed E-state index contributed by atoms with van der Waals surface area (Å²) in [7, 11) is 0. The van der Waals surface area contributed by atoms with E-state index in [0.717, 1.165) is 15.3 Å². The maximum absolute atomic E-state index is 12.3. The molecule has 1 aromatic heterocycles. The van der Waals surface area contributed by atoms with Gasteiger partial charge in [-0.2, -0.15) is 0 Å². The van der Waals surface area contributed by atoms with Crippen molar-refractivity contribution >= 4 is 44.4 Å². The predicted octanol–water partition coefficient (Wildman–Crippen LogP) is 4.49. The van der Waals surface area contributed by atoms with E-state index in [4.69, 9.17) is 4.74 Å². The third-order valence-corrected chi connectivity index (χ3v) is 4.77. The molecule has 1 heterocycles. The predicted molar refractivity (Wildman–Crippen MR) is 117 cm³/mol. The molecule has 0 aliphatic carbocycles. The number of nitrogens with one attached hydrogen (secondary N) is 3. The minimum atomic E-state index is -0.566. The second-order valence-electron chi connectivity index (χ2n) is 7.37. The Hall–Kier alpha value is -3.13. The molecular formula is C21H24N4O3S. The van der Waals surface area contributed by atoms with Crippen LogP contribution in [-0.2, 0) is 4.74 Å². The van der Waals surface area contributed by atoms with E-state index in [1.54, 1.807) is 56.4 Å². The van der Waals surface area contributed by atoms with Crippen molar-refractivity contribution in [2.75, 3.05) is 23.7 Å². The third-order valence-electron chi connectivity index (χ3n) is 3.77. The van der Waals surface area contributed by atoms with E-state index in [1.165, 1.54) is 0 Å². The number of anilines is 2. The maximum Gasteiger partial charge on any atom is 0.412 e. The Labute approximate surface area is 173 Å². The first-order valence-electron chi connectivity index (χ1n) is 9.28. The summed E-state index contributed by atoms with van der Waals surface area (Å²) in [5.74, 6) is -0.181. The van der Waals surface area contributed by atoms with Crippen molar-refractivity contribution < 1.29 is 14.3 Å². The topological polar surface area (TPSA) is 92.3 Å². The molecule has 0 saturated heterocycles. The van der Waals surface area contributed by atoms with Crippen LogP contribution in [0.1, 0.15) is 31.1 Å². The lowest BCUT2D eigenvalue weighted by Crippen LogP contribution is -2.29. The van der Waals surface area contributed by atoms with Crippen LogP contribution in [0.5, 0.6) is 0 Å². The Kier molecular flexibility index (Phi) is 6.33. The van der Waals surface area contributed by atoms with Gasteiger partial charge in [0.1, 0.15) is 5.60 Å². The molecule has 0 aliphatic heterocycles. The number of carbonyl (C=O) groups is 2. The van der Waals surface area contributed by atoms with Gasteiger partial charge in [-0.1, -0.05) is 23.5 Å². The van der Waals surface area contributed by atoms with Crippen molar-refractivity contribution in [3.05, 3.63) is 54.1 Å². The third kappa shape index (κ3) is 6.18. The molecule has 0 spiro atoms. The molecule has 2 aromatic carbocycles. The zero-order valence-electron chi connectivity index (χ0n) is 16.6. The smallest absolute Gasteiger partial charge is 0.412 e. The van der Waals surface area contributed by atoms with Crippen molar-refractivity contribution in [3.8, 4) is 0 Å². The van der Waals surface area contributed by atoms with E-state index < -0.39 is 11.7 Å². The van der Waals surface area contributed by atoms with Crippen LogP contribution < -0.4 is 16.0 Å². The second kappa shape index (κ2) is 8.91. The number of nitrogens with zero attached hydrogens (tertiary/aromatic N) is 1. The molecule has 0 radical (unpaired) electrons. The Morgan fingerprint density at radius 2 is 1.76 bits per heavy atom. The fourth-order valence-corrected chi connectivity index (χ4v) is 3.41. The van der Waals surface area contributed by atoms with Gasteiger partial charge < -0.3 is 15.4 Å². The minimum Gasteiger partial charge on any atom is -0.444 e. The summed E-state index contributed by atoms with van der Waals surface area (Å²) in [4.78, 5) is 28.5. The number of para-hydroxylation sites is 1. The SMILES string of the molecule is CC(C)(C)OC(=O)Nc1ccc(C(=O)NCCNc2nc3ccccc3s2)cc1. The lowest BCUT2D eigenvalue weighted by Gasteiger charge is -2.19. The first kappa shape index (κ1) is 20.6. The van der Waals surface area contributed by atoms with Crippen LogP contribution in [0.3, 0.4) is 0 Å². The molecule has 8 heteroatoms. The molecule has 0 bridgehead atoms. The molecule has 0 atom stereocenters. The number of aromatic nitrogens is 1. The molecule has 0 fully saturated rings. The van der Waals surface area contributed by atoms with Gasteiger partial charge in [-0.3, -0.25) is 10.1 Å².